The van der Waals surface area contributed by atoms with Gasteiger partial charge in [-0.25, -0.2) is 0 Å². The lowest BCUT2D eigenvalue weighted by Gasteiger charge is -2.43. The summed E-state index contributed by atoms with van der Waals surface area (Å²) in [6.45, 7) is 3.13. The van der Waals surface area contributed by atoms with E-state index in [2.05, 4.69) is 5.92 Å². The number of hydrogen-bond donors (Lipinski definition) is 1. The van der Waals surface area contributed by atoms with Crippen LogP contribution < -0.4 is 0 Å². The van der Waals surface area contributed by atoms with Gasteiger partial charge in [-0.15, -0.1) is 12.3 Å². The van der Waals surface area contributed by atoms with Crippen LogP contribution in [-0.4, -0.2) is 66.9 Å². The normalized spacial score (nSPS) is 27.9. The zero-order valence-electron chi connectivity index (χ0n) is 15.0. The molecule has 1 N–H and O–H groups in total. The fraction of sp³-hybridized carbons (Fsp3) is 0.706. The number of terminal acetylenes is 1. The summed E-state index contributed by atoms with van der Waals surface area (Å²) >= 11 is 0. The number of aliphatic hydroxyl groups is 1. The van der Waals surface area contributed by atoms with Gasteiger partial charge in [-0.3, -0.25) is 14.4 Å². The smallest absolute Gasteiger partial charge is 0.303 e. The van der Waals surface area contributed by atoms with E-state index >= 15 is 0 Å². The molecule has 26 heavy (non-hydrogen) atoms. The second kappa shape index (κ2) is 10.8. The average Bonchev–Trinajstić information content (AvgIpc) is 2.54. The summed E-state index contributed by atoms with van der Waals surface area (Å²) in [5.74, 6) is 0.427. The Balaban J connectivity index is 3.09. The Labute approximate surface area is 151 Å². The molecule has 3 unspecified atom stereocenters. The minimum Gasteiger partial charge on any atom is -0.456 e. The Morgan fingerprint density at radius 1 is 1.00 bits per heavy atom. The van der Waals surface area contributed by atoms with Crippen LogP contribution in [0.15, 0.2) is 0 Å². The van der Waals surface area contributed by atoms with Crippen LogP contribution in [0.2, 0.25) is 0 Å². The highest BCUT2D eigenvalue weighted by molar-refractivity contribution is 5.68. The molecular weight excluding hydrogens is 348 g/mol. The van der Waals surface area contributed by atoms with Crippen molar-refractivity contribution in [1.82, 2.24) is 0 Å². The van der Waals surface area contributed by atoms with Crippen LogP contribution in [0.4, 0.5) is 0 Å². The van der Waals surface area contributed by atoms with E-state index in [9.17, 15) is 19.5 Å². The molecular formula is C17H24O9. The van der Waals surface area contributed by atoms with Gasteiger partial charge >= 0.3 is 17.9 Å². The number of esters is 3. The van der Waals surface area contributed by atoms with Gasteiger partial charge in [0.05, 0.1) is 13.2 Å². The molecule has 0 saturated carbocycles. The second-order valence-corrected chi connectivity index (χ2v) is 5.63. The molecule has 1 aliphatic rings. The first kappa shape index (κ1) is 21.9. The first-order valence-corrected chi connectivity index (χ1v) is 8.13. The summed E-state index contributed by atoms with van der Waals surface area (Å²) < 4.78 is 26.7. The third kappa shape index (κ3) is 6.63. The minimum atomic E-state index is -1.20. The molecule has 0 aromatic heterocycles. The number of unbranched alkanes of at least 4 members (excludes halogenated alkanes) is 1. The van der Waals surface area contributed by atoms with Crippen LogP contribution in [0.3, 0.4) is 0 Å². The molecule has 146 valence electrons. The number of ether oxygens (including phenoxy) is 5. The van der Waals surface area contributed by atoms with Gasteiger partial charge in [0, 0.05) is 27.2 Å². The Hall–Kier alpha value is -2.15. The quantitative estimate of drug-likeness (QED) is 0.270. The maximum atomic E-state index is 11.5. The minimum absolute atomic E-state index is 0.190. The number of carbonyl (C=O) groups excluding carboxylic acids is 3. The van der Waals surface area contributed by atoms with Crippen molar-refractivity contribution in [3.8, 4) is 12.3 Å². The fourth-order valence-electron chi connectivity index (χ4n) is 2.51. The Morgan fingerprint density at radius 3 is 2.04 bits per heavy atom. The third-order valence-corrected chi connectivity index (χ3v) is 3.42. The highest BCUT2D eigenvalue weighted by Crippen LogP contribution is 2.29. The Morgan fingerprint density at radius 2 is 1.54 bits per heavy atom. The molecule has 0 amide bonds. The van der Waals surface area contributed by atoms with Crippen LogP contribution in [0.5, 0.6) is 0 Å². The molecule has 9 nitrogen and oxygen atoms in total. The number of hydrogen-bond acceptors (Lipinski definition) is 9. The van der Waals surface area contributed by atoms with Crippen LogP contribution in [-0.2, 0) is 38.1 Å². The average molecular weight is 372 g/mol. The standard InChI is InChI=1S/C17H24O9/c1-5-6-7-8-22-17-16(25-12(4)21)15(24-11(3)20)14(23-10(2)19)13(9-18)26-17/h1,13-18H,6-9H2,2-4H3/t13?,14-,15?,16?,17-/m1/s1. The van der Waals surface area contributed by atoms with Crippen molar-refractivity contribution in [2.75, 3.05) is 13.2 Å². The van der Waals surface area contributed by atoms with Crippen molar-refractivity contribution in [1.29, 1.82) is 0 Å². The van der Waals surface area contributed by atoms with Gasteiger partial charge < -0.3 is 28.8 Å². The molecule has 1 heterocycles. The second-order valence-electron chi connectivity index (χ2n) is 5.63. The first-order valence-electron chi connectivity index (χ1n) is 8.13. The van der Waals surface area contributed by atoms with Gasteiger partial charge in [0.2, 0.25) is 0 Å². The van der Waals surface area contributed by atoms with E-state index in [-0.39, 0.29) is 6.61 Å². The number of aliphatic hydroxyl groups excluding tert-OH is 1. The van der Waals surface area contributed by atoms with Crippen molar-refractivity contribution < 1.29 is 43.2 Å². The topological polar surface area (TPSA) is 118 Å². The van der Waals surface area contributed by atoms with Gasteiger partial charge in [-0.05, 0) is 6.42 Å². The van der Waals surface area contributed by atoms with Crippen molar-refractivity contribution in [3.05, 3.63) is 0 Å². The van der Waals surface area contributed by atoms with Crippen LogP contribution in [0.1, 0.15) is 33.6 Å². The maximum Gasteiger partial charge on any atom is 0.303 e. The highest BCUT2D eigenvalue weighted by atomic mass is 16.7. The fourth-order valence-corrected chi connectivity index (χ4v) is 2.51. The van der Waals surface area contributed by atoms with Gasteiger partial charge in [-0.2, -0.15) is 0 Å². The largest absolute Gasteiger partial charge is 0.456 e. The van der Waals surface area contributed by atoms with Gasteiger partial charge in [0.15, 0.2) is 24.6 Å². The summed E-state index contributed by atoms with van der Waals surface area (Å²) in [5, 5.41) is 9.58. The van der Waals surface area contributed by atoms with E-state index in [1.54, 1.807) is 0 Å². The molecule has 0 aromatic carbocycles. The number of carbonyl (C=O) groups is 3. The highest BCUT2D eigenvalue weighted by Gasteiger charge is 2.52. The van der Waals surface area contributed by atoms with Gasteiger partial charge in [0.1, 0.15) is 6.10 Å². The molecule has 0 spiro atoms. The maximum absolute atomic E-state index is 11.5. The molecule has 1 rings (SSSR count). The molecule has 9 heteroatoms. The summed E-state index contributed by atoms with van der Waals surface area (Å²) in [6, 6.07) is 0. The lowest BCUT2D eigenvalue weighted by Crippen LogP contribution is -2.62. The van der Waals surface area contributed by atoms with Crippen molar-refractivity contribution in [3.63, 3.8) is 0 Å². The molecule has 0 bridgehead atoms. The Kier molecular flexibility index (Phi) is 9.05. The molecule has 1 fully saturated rings. The van der Waals surface area contributed by atoms with Gasteiger partial charge in [-0.1, -0.05) is 0 Å². The summed E-state index contributed by atoms with van der Waals surface area (Å²) in [5.41, 5.74) is 0. The zero-order chi connectivity index (χ0) is 19.7. The molecule has 1 aliphatic heterocycles. The molecule has 0 radical (unpaired) electrons. The van der Waals surface area contributed by atoms with Crippen molar-refractivity contribution >= 4 is 17.9 Å². The SMILES string of the molecule is C#CCCCO[C@@H]1OC(CO)[C@@H](OC(C)=O)C(OC(C)=O)C1OC(C)=O. The predicted molar refractivity (Wildman–Crippen MR) is 86.4 cm³/mol. The van der Waals surface area contributed by atoms with Gasteiger partial charge in [0.25, 0.3) is 0 Å². The van der Waals surface area contributed by atoms with E-state index in [0.717, 1.165) is 13.8 Å². The van der Waals surface area contributed by atoms with E-state index < -0.39 is 55.2 Å². The lowest BCUT2D eigenvalue weighted by atomic mass is 9.98. The first-order chi connectivity index (χ1) is 12.3. The molecule has 1 saturated heterocycles. The molecule has 5 atom stereocenters. The van der Waals surface area contributed by atoms with E-state index in [0.29, 0.717) is 12.8 Å². The van der Waals surface area contributed by atoms with Crippen LogP contribution in [0.25, 0.3) is 0 Å². The summed E-state index contributed by atoms with van der Waals surface area (Å²) in [6.07, 6.45) is 0.448. The van der Waals surface area contributed by atoms with Crippen molar-refractivity contribution in [2.24, 2.45) is 0 Å². The Bertz CT molecular complexity index is 539. The van der Waals surface area contributed by atoms with E-state index in [1.807, 2.05) is 0 Å². The van der Waals surface area contributed by atoms with Crippen LogP contribution in [0, 0.1) is 12.3 Å². The van der Waals surface area contributed by atoms with Crippen LogP contribution >= 0.6 is 0 Å². The van der Waals surface area contributed by atoms with E-state index in [1.165, 1.54) is 6.92 Å². The molecule has 0 aliphatic carbocycles. The summed E-state index contributed by atoms with van der Waals surface area (Å²) in [4.78, 5) is 34.4. The monoisotopic (exact) mass is 372 g/mol. The van der Waals surface area contributed by atoms with Crippen molar-refractivity contribution in [2.45, 2.75) is 64.3 Å². The molecule has 0 aromatic rings. The number of rotatable bonds is 8. The van der Waals surface area contributed by atoms with E-state index in [4.69, 9.17) is 30.1 Å². The third-order valence-electron chi connectivity index (χ3n) is 3.42. The predicted octanol–water partition coefficient (Wildman–Crippen LogP) is -0.0713. The lowest BCUT2D eigenvalue weighted by molar-refractivity contribution is -0.307. The summed E-state index contributed by atoms with van der Waals surface area (Å²) in [7, 11) is 0. The zero-order valence-corrected chi connectivity index (χ0v) is 15.0.